The Labute approximate surface area is 148 Å². The van der Waals surface area contributed by atoms with E-state index in [1.807, 2.05) is 0 Å². The molecule has 1 aromatic carbocycles. The standard InChI is InChI=1S/C17H15ClN2O5/c18-13-7-10(1-3-12(13)15-4-2-11(9-22)25-15)19-14-8-16(23)20(5-6-21)17(14)24/h1-4,7-8,19,21-22H,5-6,9H2. The predicted octanol–water partition coefficient (Wildman–Crippen LogP) is 1.75. The number of halogens is 1. The van der Waals surface area contributed by atoms with Gasteiger partial charge in [0.1, 0.15) is 23.8 Å². The second kappa shape index (κ2) is 7.10. The highest BCUT2D eigenvalue weighted by molar-refractivity contribution is 6.33. The van der Waals surface area contributed by atoms with E-state index in [2.05, 4.69) is 5.32 Å². The van der Waals surface area contributed by atoms with Crippen molar-refractivity contribution in [3.8, 4) is 11.3 Å². The first-order valence-corrected chi connectivity index (χ1v) is 7.86. The number of hydrogen-bond acceptors (Lipinski definition) is 6. The van der Waals surface area contributed by atoms with Gasteiger partial charge < -0.3 is 19.9 Å². The van der Waals surface area contributed by atoms with Gasteiger partial charge in [-0.3, -0.25) is 14.5 Å². The molecule has 2 amide bonds. The summed E-state index contributed by atoms with van der Waals surface area (Å²) in [6, 6.07) is 8.36. The normalized spacial score (nSPS) is 14.2. The van der Waals surface area contributed by atoms with Crippen molar-refractivity contribution in [2.45, 2.75) is 6.61 Å². The molecule has 1 aliphatic rings. The van der Waals surface area contributed by atoms with E-state index in [1.54, 1.807) is 30.3 Å². The first-order valence-electron chi connectivity index (χ1n) is 7.48. The van der Waals surface area contributed by atoms with Gasteiger partial charge in [0.25, 0.3) is 11.8 Å². The molecule has 1 aliphatic heterocycles. The van der Waals surface area contributed by atoms with Gasteiger partial charge in [-0.15, -0.1) is 0 Å². The molecular weight excluding hydrogens is 348 g/mol. The van der Waals surface area contributed by atoms with Crippen molar-refractivity contribution < 1.29 is 24.2 Å². The molecule has 0 fully saturated rings. The molecule has 2 heterocycles. The lowest BCUT2D eigenvalue weighted by Gasteiger charge is -2.13. The third kappa shape index (κ3) is 3.43. The average molecular weight is 363 g/mol. The molecule has 2 aromatic rings. The Hall–Kier alpha value is -2.61. The van der Waals surface area contributed by atoms with Crippen LogP contribution in [0.5, 0.6) is 0 Å². The van der Waals surface area contributed by atoms with E-state index in [4.69, 9.17) is 26.2 Å². The number of β-amino-alcohol motifs (C(OH)–C–C–N with tert-alkyl or cyclic N) is 1. The van der Waals surface area contributed by atoms with Gasteiger partial charge in [-0.1, -0.05) is 11.6 Å². The summed E-state index contributed by atoms with van der Waals surface area (Å²) >= 11 is 6.27. The highest BCUT2D eigenvalue weighted by Crippen LogP contribution is 2.32. The lowest BCUT2D eigenvalue weighted by molar-refractivity contribution is -0.137. The van der Waals surface area contributed by atoms with E-state index >= 15 is 0 Å². The number of aliphatic hydroxyl groups is 2. The maximum Gasteiger partial charge on any atom is 0.277 e. The van der Waals surface area contributed by atoms with Gasteiger partial charge in [0.2, 0.25) is 0 Å². The van der Waals surface area contributed by atoms with Crippen LogP contribution in [-0.4, -0.2) is 40.1 Å². The van der Waals surface area contributed by atoms with E-state index in [0.717, 1.165) is 4.90 Å². The van der Waals surface area contributed by atoms with E-state index in [-0.39, 0.29) is 25.5 Å². The van der Waals surface area contributed by atoms with E-state index < -0.39 is 11.8 Å². The van der Waals surface area contributed by atoms with Crippen molar-refractivity contribution in [2.24, 2.45) is 0 Å². The molecule has 0 spiro atoms. The van der Waals surface area contributed by atoms with E-state index in [1.165, 1.54) is 6.08 Å². The number of hydrogen-bond donors (Lipinski definition) is 3. The molecule has 3 N–H and O–H groups in total. The average Bonchev–Trinajstić information content (AvgIpc) is 3.16. The molecule has 130 valence electrons. The molecule has 0 unspecified atom stereocenters. The number of aliphatic hydroxyl groups excluding tert-OH is 2. The second-order valence-electron chi connectivity index (χ2n) is 5.32. The smallest absolute Gasteiger partial charge is 0.277 e. The zero-order valence-corrected chi connectivity index (χ0v) is 13.8. The molecule has 1 aromatic heterocycles. The predicted molar refractivity (Wildman–Crippen MR) is 90.6 cm³/mol. The molecule has 3 rings (SSSR count). The molecule has 7 nitrogen and oxygen atoms in total. The van der Waals surface area contributed by atoms with Crippen molar-refractivity contribution in [3.63, 3.8) is 0 Å². The van der Waals surface area contributed by atoms with Crippen LogP contribution in [0.15, 0.2) is 46.5 Å². The number of nitrogens with one attached hydrogen (secondary N) is 1. The number of rotatable bonds is 6. The third-order valence-corrected chi connectivity index (χ3v) is 3.98. The minimum absolute atomic E-state index is 0.0509. The minimum Gasteiger partial charge on any atom is -0.459 e. The highest BCUT2D eigenvalue weighted by atomic mass is 35.5. The lowest BCUT2D eigenvalue weighted by atomic mass is 10.1. The summed E-state index contributed by atoms with van der Waals surface area (Å²) < 4.78 is 5.45. The first kappa shape index (κ1) is 17.2. The fraction of sp³-hybridized carbons (Fsp3) is 0.176. The van der Waals surface area contributed by atoms with Crippen LogP contribution >= 0.6 is 11.6 Å². The van der Waals surface area contributed by atoms with Gasteiger partial charge in [0, 0.05) is 17.3 Å². The highest BCUT2D eigenvalue weighted by Gasteiger charge is 2.30. The monoisotopic (exact) mass is 362 g/mol. The number of anilines is 1. The molecule has 0 saturated heterocycles. The van der Waals surface area contributed by atoms with Crippen LogP contribution in [-0.2, 0) is 16.2 Å². The van der Waals surface area contributed by atoms with Crippen LogP contribution in [0.25, 0.3) is 11.3 Å². The lowest BCUT2D eigenvalue weighted by Crippen LogP contribution is -2.34. The number of imide groups is 1. The zero-order valence-electron chi connectivity index (χ0n) is 13.0. The summed E-state index contributed by atoms with van der Waals surface area (Å²) in [7, 11) is 0. The second-order valence-corrected chi connectivity index (χ2v) is 5.73. The summed E-state index contributed by atoms with van der Waals surface area (Å²) in [5.41, 5.74) is 1.28. The maximum atomic E-state index is 12.1. The topological polar surface area (TPSA) is 103 Å². The van der Waals surface area contributed by atoms with E-state index in [9.17, 15) is 9.59 Å². The molecule has 0 saturated carbocycles. The number of nitrogens with zero attached hydrogens (tertiary/aromatic N) is 1. The van der Waals surface area contributed by atoms with Crippen LogP contribution < -0.4 is 5.32 Å². The van der Waals surface area contributed by atoms with Crippen LogP contribution in [0.4, 0.5) is 5.69 Å². The van der Waals surface area contributed by atoms with Crippen molar-refractivity contribution in [2.75, 3.05) is 18.5 Å². The summed E-state index contributed by atoms with van der Waals surface area (Å²) in [4.78, 5) is 24.8. The molecular formula is C17H15ClN2O5. The number of amides is 2. The first-order chi connectivity index (χ1) is 12.0. The molecule has 0 atom stereocenters. The zero-order chi connectivity index (χ0) is 18.0. The Morgan fingerprint density at radius 3 is 2.60 bits per heavy atom. The maximum absolute atomic E-state index is 12.1. The number of carbonyl (C=O) groups is 2. The Morgan fingerprint density at radius 1 is 1.16 bits per heavy atom. The van der Waals surface area contributed by atoms with Crippen molar-refractivity contribution in [3.05, 3.63) is 52.9 Å². The fourth-order valence-corrected chi connectivity index (χ4v) is 2.74. The van der Waals surface area contributed by atoms with Gasteiger partial charge in [-0.05, 0) is 30.3 Å². The number of furan rings is 1. The Morgan fingerprint density at radius 2 is 1.96 bits per heavy atom. The minimum atomic E-state index is -0.502. The van der Waals surface area contributed by atoms with Crippen molar-refractivity contribution >= 4 is 29.1 Å². The van der Waals surface area contributed by atoms with Crippen molar-refractivity contribution in [1.29, 1.82) is 0 Å². The third-order valence-electron chi connectivity index (χ3n) is 3.66. The summed E-state index contributed by atoms with van der Waals surface area (Å²) in [5.74, 6) is -0.0345. The Kier molecular flexibility index (Phi) is 4.89. The Bertz CT molecular complexity index is 858. The molecule has 8 heteroatoms. The van der Waals surface area contributed by atoms with Crippen LogP contribution in [0.3, 0.4) is 0 Å². The van der Waals surface area contributed by atoms with Gasteiger partial charge >= 0.3 is 0 Å². The summed E-state index contributed by atoms with van der Waals surface area (Å²) in [5, 5.41) is 21.2. The van der Waals surface area contributed by atoms with Crippen LogP contribution in [0.1, 0.15) is 5.76 Å². The fourth-order valence-electron chi connectivity index (χ4n) is 2.47. The SMILES string of the molecule is O=C1C=C(Nc2ccc(-c3ccc(CO)o3)c(Cl)c2)C(=O)N1CCO. The summed E-state index contributed by atoms with van der Waals surface area (Å²) in [6.45, 7) is -0.547. The van der Waals surface area contributed by atoms with Crippen LogP contribution in [0.2, 0.25) is 5.02 Å². The van der Waals surface area contributed by atoms with Gasteiger partial charge in [0.15, 0.2) is 0 Å². The van der Waals surface area contributed by atoms with Gasteiger partial charge in [-0.2, -0.15) is 0 Å². The number of benzene rings is 1. The number of carbonyl (C=O) groups excluding carboxylic acids is 2. The van der Waals surface area contributed by atoms with Crippen molar-refractivity contribution in [1.82, 2.24) is 4.90 Å². The van der Waals surface area contributed by atoms with Gasteiger partial charge in [0.05, 0.1) is 18.2 Å². The molecule has 25 heavy (non-hydrogen) atoms. The molecule has 0 aliphatic carbocycles. The molecule has 0 radical (unpaired) electrons. The summed E-state index contributed by atoms with van der Waals surface area (Å²) in [6.07, 6.45) is 1.18. The Balaban J connectivity index is 1.79. The van der Waals surface area contributed by atoms with E-state index in [0.29, 0.717) is 27.8 Å². The van der Waals surface area contributed by atoms with Crippen LogP contribution in [0, 0.1) is 0 Å². The van der Waals surface area contributed by atoms with Gasteiger partial charge in [-0.25, -0.2) is 0 Å². The quantitative estimate of drug-likeness (QED) is 0.676. The largest absolute Gasteiger partial charge is 0.459 e. The molecule has 0 bridgehead atoms.